The van der Waals surface area contributed by atoms with Crippen molar-refractivity contribution in [1.29, 1.82) is 0 Å². The first-order chi connectivity index (χ1) is 6.77. The molecule has 0 saturated carbocycles. The Morgan fingerprint density at radius 1 is 1.43 bits per heavy atom. The van der Waals surface area contributed by atoms with Crippen LogP contribution >= 0.6 is 0 Å². The molecule has 0 saturated heterocycles. The number of hydrogen-bond donors (Lipinski definition) is 1. The van der Waals surface area contributed by atoms with Gasteiger partial charge in [0.25, 0.3) is 0 Å². The molecule has 1 aromatic carbocycles. The molecular formula is C12H17NO. The fraction of sp³-hybridized carbons (Fsp3) is 0.333. The fourth-order valence-corrected chi connectivity index (χ4v) is 1.21. The zero-order valence-electron chi connectivity index (χ0n) is 8.79. The van der Waals surface area contributed by atoms with Crippen molar-refractivity contribution in [2.75, 3.05) is 12.3 Å². The van der Waals surface area contributed by atoms with E-state index in [9.17, 15) is 0 Å². The van der Waals surface area contributed by atoms with Crippen molar-refractivity contribution in [2.45, 2.75) is 20.3 Å². The molecule has 0 unspecified atom stereocenters. The molecule has 76 valence electrons. The van der Waals surface area contributed by atoms with Gasteiger partial charge in [0.2, 0.25) is 0 Å². The quantitative estimate of drug-likeness (QED) is 0.742. The minimum atomic E-state index is 0.703. The molecule has 0 aliphatic rings. The number of ether oxygens (including phenoxy) is 1. The zero-order chi connectivity index (χ0) is 10.4. The predicted molar refractivity (Wildman–Crippen MR) is 61.3 cm³/mol. The van der Waals surface area contributed by atoms with E-state index in [-0.39, 0.29) is 0 Å². The van der Waals surface area contributed by atoms with E-state index in [1.165, 1.54) is 0 Å². The number of benzene rings is 1. The van der Waals surface area contributed by atoms with Crippen LogP contribution in [0.2, 0.25) is 0 Å². The lowest BCUT2D eigenvalue weighted by Crippen LogP contribution is -1.98. The van der Waals surface area contributed by atoms with Crippen LogP contribution in [0.4, 0.5) is 5.69 Å². The molecule has 1 aromatic rings. The monoisotopic (exact) mass is 191 g/mol. The van der Waals surface area contributed by atoms with Crippen molar-refractivity contribution in [2.24, 2.45) is 0 Å². The van der Waals surface area contributed by atoms with Gasteiger partial charge in [0.15, 0.2) is 0 Å². The Kier molecular flexibility index (Phi) is 4.05. The molecule has 0 radical (unpaired) electrons. The first-order valence-electron chi connectivity index (χ1n) is 4.93. The molecule has 0 heterocycles. The molecule has 2 nitrogen and oxygen atoms in total. The molecule has 0 spiro atoms. The molecule has 0 bridgehead atoms. The van der Waals surface area contributed by atoms with E-state index in [0.29, 0.717) is 12.3 Å². The largest absolute Gasteiger partial charge is 0.491 e. The Labute approximate surface area is 85.4 Å². The normalized spacial score (nSPS) is 10.7. The summed E-state index contributed by atoms with van der Waals surface area (Å²) in [5.41, 5.74) is 7.64. The van der Waals surface area contributed by atoms with E-state index >= 15 is 0 Å². The van der Waals surface area contributed by atoms with E-state index in [4.69, 9.17) is 10.5 Å². The van der Waals surface area contributed by atoms with E-state index in [0.717, 1.165) is 17.7 Å². The van der Waals surface area contributed by atoms with Crippen molar-refractivity contribution in [3.05, 3.63) is 29.8 Å². The van der Waals surface area contributed by atoms with Crippen LogP contribution in [0.3, 0.4) is 0 Å². The van der Waals surface area contributed by atoms with E-state index in [2.05, 4.69) is 6.92 Å². The number of allylic oxidation sites excluding steroid dienone is 1. The summed E-state index contributed by atoms with van der Waals surface area (Å²) in [5.74, 6) is 0.778. The van der Waals surface area contributed by atoms with Gasteiger partial charge in [-0.3, -0.25) is 0 Å². The van der Waals surface area contributed by atoms with Gasteiger partial charge in [0.05, 0.1) is 12.3 Å². The zero-order valence-corrected chi connectivity index (χ0v) is 8.79. The van der Waals surface area contributed by atoms with Crippen molar-refractivity contribution in [3.63, 3.8) is 0 Å². The van der Waals surface area contributed by atoms with Gasteiger partial charge in [-0.05, 0) is 31.0 Å². The molecular weight excluding hydrogens is 174 g/mol. The summed E-state index contributed by atoms with van der Waals surface area (Å²) >= 11 is 0. The lowest BCUT2D eigenvalue weighted by molar-refractivity contribution is 0.319. The van der Waals surface area contributed by atoms with E-state index in [1.54, 1.807) is 0 Å². The average Bonchev–Trinajstić information content (AvgIpc) is 2.17. The summed E-state index contributed by atoms with van der Waals surface area (Å²) in [6.07, 6.45) is 5.00. The van der Waals surface area contributed by atoms with Crippen LogP contribution in [0.5, 0.6) is 5.75 Å². The Balaban J connectivity index is 2.79. The van der Waals surface area contributed by atoms with Gasteiger partial charge in [-0.25, -0.2) is 0 Å². The van der Waals surface area contributed by atoms with Crippen molar-refractivity contribution in [1.82, 2.24) is 0 Å². The smallest absolute Gasteiger partial charge is 0.142 e. The standard InChI is InChI=1S/C12H17NO/c1-3-5-10-6-7-12(11(13)9-10)14-8-4-2/h3,5-7,9H,4,8,13H2,1-2H3. The lowest BCUT2D eigenvalue weighted by atomic mass is 10.2. The SMILES string of the molecule is CC=Cc1ccc(OCCC)c(N)c1. The number of hydrogen-bond acceptors (Lipinski definition) is 2. The van der Waals surface area contributed by atoms with Crippen molar-refractivity contribution >= 4 is 11.8 Å². The lowest BCUT2D eigenvalue weighted by Gasteiger charge is -2.07. The van der Waals surface area contributed by atoms with Gasteiger partial charge in [-0.15, -0.1) is 0 Å². The van der Waals surface area contributed by atoms with Crippen molar-refractivity contribution in [3.8, 4) is 5.75 Å². The van der Waals surface area contributed by atoms with Gasteiger partial charge in [-0.1, -0.05) is 25.1 Å². The average molecular weight is 191 g/mol. The molecule has 1 rings (SSSR count). The summed E-state index contributed by atoms with van der Waals surface area (Å²) in [7, 11) is 0. The van der Waals surface area contributed by atoms with Gasteiger partial charge in [0, 0.05) is 0 Å². The summed E-state index contributed by atoms with van der Waals surface area (Å²) in [4.78, 5) is 0. The molecule has 2 N–H and O–H groups in total. The maximum atomic E-state index is 5.83. The summed E-state index contributed by atoms with van der Waals surface area (Å²) in [6, 6.07) is 5.84. The molecule has 14 heavy (non-hydrogen) atoms. The molecule has 0 aliphatic carbocycles. The first-order valence-corrected chi connectivity index (χ1v) is 4.93. The second kappa shape index (κ2) is 5.32. The van der Waals surface area contributed by atoms with Gasteiger partial charge in [0.1, 0.15) is 5.75 Å². The second-order valence-corrected chi connectivity index (χ2v) is 3.15. The van der Waals surface area contributed by atoms with Crippen LogP contribution in [-0.2, 0) is 0 Å². The fourth-order valence-electron chi connectivity index (χ4n) is 1.21. The minimum absolute atomic E-state index is 0.703. The van der Waals surface area contributed by atoms with Crippen LogP contribution < -0.4 is 10.5 Å². The molecule has 0 fully saturated rings. The number of nitrogen functional groups attached to an aromatic ring is 1. The third-order valence-electron chi connectivity index (χ3n) is 1.85. The Morgan fingerprint density at radius 2 is 2.21 bits per heavy atom. The topological polar surface area (TPSA) is 35.2 Å². The van der Waals surface area contributed by atoms with Gasteiger partial charge in [-0.2, -0.15) is 0 Å². The van der Waals surface area contributed by atoms with Crippen LogP contribution in [0, 0.1) is 0 Å². The second-order valence-electron chi connectivity index (χ2n) is 3.15. The number of nitrogens with two attached hydrogens (primary N) is 1. The highest BCUT2D eigenvalue weighted by molar-refractivity contribution is 5.61. The van der Waals surface area contributed by atoms with E-state index in [1.807, 2.05) is 37.3 Å². The minimum Gasteiger partial charge on any atom is -0.491 e. The molecule has 0 amide bonds. The molecule has 0 aromatic heterocycles. The van der Waals surface area contributed by atoms with Gasteiger partial charge < -0.3 is 10.5 Å². The molecule has 2 heteroatoms. The Hall–Kier alpha value is -1.44. The highest BCUT2D eigenvalue weighted by Gasteiger charge is 1.99. The van der Waals surface area contributed by atoms with Gasteiger partial charge >= 0.3 is 0 Å². The first kappa shape index (κ1) is 10.6. The predicted octanol–water partition coefficient (Wildman–Crippen LogP) is 3.09. The Morgan fingerprint density at radius 3 is 2.79 bits per heavy atom. The number of anilines is 1. The summed E-state index contributed by atoms with van der Waals surface area (Å²) in [6.45, 7) is 4.77. The summed E-state index contributed by atoms with van der Waals surface area (Å²) in [5, 5.41) is 0. The van der Waals surface area contributed by atoms with Crippen LogP contribution in [0.25, 0.3) is 6.08 Å². The maximum absolute atomic E-state index is 5.83. The van der Waals surface area contributed by atoms with E-state index < -0.39 is 0 Å². The molecule has 0 atom stereocenters. The Bertz CT molecular complexity index is 318. The van der Waals surface area contributed by atoms with Crippen molar-refractivity contribution < 1.29 is 4.74 Å². The third kappa shape index (κ3) is 2.80. The highest BCUT2D eigenvalue weighted by Crippen LogP contribution is 2.23. The third-order valence-corrected chi connectivity index (χ3v) is 1.85. The van der Waals surface area contributed by atoms with Crippen LogP contribution in [-0.4, -0.2) is 6.61 Å². The van der Waals surface area contributed by atoms with Crippen LogP contribution in [0.1, 0.15) is 25.8 Å². The maximum Gasteiger partial charge on any atom is 0.142 e. The molecule has 0 aliphatic heterocycles. The van der Waals surface area contributed by atoms with Crippen LogP contribution in [0.15, 0.2) is 24.3 Å². The summed E-state index contributed by atoms with van der Waals surface area (Å²) < 4.78 is 5.47. The highest BCUT2D eigenvalue weighted by atomic mass is 16.5. The number of rotatable bonds is 4.